The van der Waals surface area contributed by atoms with Gasteiger partial charge in [0.05, 0.1) is 11.3 Å². The largest absolute Gasteiger partial charge is 0.398 e. The van der Waals surface area contributed by atoms with Crippen LogP contribution >= 0.6 is 0 Å². The predicted molar refractivity (Wildman–Crippen MR) is 82.6 cm³/mol. The lowest BCUT2D eigenvalue weighted by Gasteiger charge is -2.24. The van der Waals surface area contributed by atoms with Crippen LogP contribution in [0.4, 0.5) is 5.69 Å². The van der Waals surface area contributed by atoms with Crippen molar-refractivity contribution in [2.75, 3.05) is 26.0 Å². The minimum Gasteiger partial charge on any atom is -0.398 e. The molecule has 0 aromatic heterocycles. The van der Waals surface area contributed by atoms with Crippen LogP contribution in [0.15, 0.2) is 17.0 Å². The number of sulfonamides is 1. The number of aryl methyl sites for hydroxylation is 1. The molecule has 120 valence electrons. The Morgan fingerprint density at radius 1 is 1.38 bits per heavy atom. The lowest BCUT2D eigenvalue weighted by molar-refractivity contribution is 0.0292. The number of aliphatic hydroxyl groups is 1. The number of hydrogen-bond acceptors (Lipinski definition) is 5. The topological polar surface area (TPSA) is 102 Å². The zero-order chi connectivity index (χ0) is 16.3. The van der Waals surface area contributed by atoms with Crippen LogP contribution in [-0.4, -0.2) is 39.4 Å². The Hall–Kier alpha value is -1.15. The predicted octanol–water partition coefficient (Wildman–Crippen LogP) is 0.951. The van der Waals surface area contributed by atoms with Crippen LogP contribution in [0.5, 0.6) is 0 Å². The third-order valence-corrected chi connectivity index (χ3v) is 5.07. The fraction of sp³-hybridized carbons (Fsp3) is 0.571. The van der Waals surface area contributed by atoms with Crippen molar-refractivity contribution in [1.82, 2.24) is 4.72 Å². The van der Waals surface area contributed by atoms with Crippen LogP contribution in [0, 0.1) is 13.8 Å². The Bertz CT molecular complexity index is 597. The van der Waals surface area contributed by atoms with Gasteiger partial charge < -0.3 is 15.6 Å². The highest BCUT2D eigenvalue weighted by Crippen LogP contribution is 2.25. The summed E-state index contributed by atoms with van der Waals surface area (Å²) < 4.78 is 32.1. The lowest BCUT2D eigenvalue weighted by Crippen LogP contribution is -2.41. The second-order valence-corrected chi connectivity index (χ2v) is 7.19. The number of nitrogens with two attached hydrogens (primary N) is 1. The summed E-state index contributed by atoms with van der Waals surface area (Å²) in [6.07, 6.45) is 0.328. The maximum atomic E-state index is 12.4. The second kappa shape index (κ2) is 6.74. The summed E-state index contributed by atoms with van der Waals surface area (Å²) in [5.41, 5.74) is 6.26. The average molecular weight is 316 g/mol. The van der Waals surface area contributed by atoms with E-state index in [1.165, 1.54) is 7.11 Å². The van der Waals surface area contributed by atoms with Gasteiger partial charge in [-0.1, -0.05) is 6.07 Å². The standard InChI is InChI=1S/C14H24N2O4S/c1-10-5-6-12(15)13(11(10)2)21(18,19)16-9-14(3,17)7-8-20-4/h5-6,16-17H,7-9,15H2,1-4H3. The summed E-state index contributed by atoms with van der Waals surface area (Å²) in [5, 5.41) is 10.1. The highest BCUT2D eigenvalue weighted by Gasteiger charge is 2.26. The van der Waals surface area contributed by atoms with Gasteiger partial charge in [0, 0.05) is 26.7 Å². The first-order valence-corrected chi connectivity index (χ1v) is 8.16. The van der Waals surface area contributed by atoms with E-state index in [1.807, 2.05) is 6.92 Å². The van der Waals surface area contributed by atoms with Crippen molar-refractivity contribution in [1.29, 1.82) is 0 Å². The molecule has 7 heteroatoms. The summed E-state index contributed by atoms with van der Waals surface area (Å²) in [5.74, 6) is 0. The molecule has 1 atom stereocenters. The normalized spacial score (nSPS) is 14.9. The van der Waals surface area contributed by atoms with Crippen molar-refractivity contribution in [2.24, 2.45) is 0 Å². The van der Waals surface area contributed by atoms with Crippen molar-refractivity contribution in [3.05, 3.63) is 23.3 Å². The molecule has 0 spiro atoms. The zero-order valence-corrected chi connectivity index (χ0v) is 13.8. The lowest BCUT2D eigenvalue weighted by atomic mass is 10.0. The van der Waals surface area contributed by atoms with E-state index in [1.54, 1.807) is 26.0 Å². The van der Waals surface area contributed by atoms with Gasteiger partial charge in [-0.05, 0) is 38.0 Å². The minimum absolute atomic E-state index is 0.0741. The van der Waals surface area contributed by atoms with Crippen molar-refractivity contribution in [3.63, 3.8) is 0 Å². The molecule has 0 fully saturated rings. The summed E-state index contributed by atoms with van der Waals surface area (Å²) in [4.78, 5) is 0.0741. The van der Waals surface area contributed by atoms with E-state index in [9.17, 15) is 13.5 Å². The van der Waals surface area contributed by atoms with Crippen molar-refractivity contribution in [2.45, 2.75) is 37.7 Å². The van der Waals surface area contributed by atoms with Gasteiger partial charge in [0.15, 0.2) is 0 Å². The van der Waals surface area contributed by atoms with Crippen molar-refractivity contribution >= 4 is 15.7 Å². The molecule has 6 nitrogen and oxygen atoms in total. The van der Waals surface area contributed by atoms with Gasteiger partial charge in [-0.3, -0.25) is 0 Å². The monoisotopic (exact) mass is 316 g/mol. The molecule has 0 saturated heterocycles. The molecule has 1 unspecified atom stereocenters. The molecule has 0 radical (unpaired) electrons. The van der Waals surface area contributed by atoms with Gasteiger partial charge in [0.2, 0.25) is 10.0 Å². The zero-order valence-electron chi connectivity index (χ0n) is 12.9. The highest BCUT2D eigenvalue weighted by molar-refractivity contribution is 7.89. The first kappa shape index (κ1) is 17.9. The van der Waals surface area contributed by atoms with Gasteiger partial charge in [-0.2, -0.15) is 0 Å². The maximum Gasteiger partial charge on any atom is 0.242 e. The van der Waals surface area contributed by atoms with Gasteiger partial charge in [-0.25, -0.2) is 13.1 Å². The van der Waals surface area contributed by atoms with Crippen molar-refractivity contribution < 1.29 is 18.3 Å². The van der Waals surface area contributed by atoms with Gasteiger partial charge in [0.25, 0.3) is 0 Å². The molecule has 1 aromatic carbocycles. The van der Waals surface area contributed by atoms with Crippen LogP contribution < -0.4 is 10.5 Å². The number of rotatable bonds is 7. The molecule has 0 heterocycles. The van der Waals surface area contributed by atoms with Gasteiger partial charge in [-0.15, -0.1) is 0 Å². The third kappa shape index (κ3) is 4.67. The van der Waals surface area contributed by atoms with Crippen LogP contribution in [0.3, 0.4) is 0 Å². The number of hydrogen-bond donors (Lipinski definition) is 3. The summed E-state index contributed by atoms with van der Waals surface area (Å²) >= 11 is 0. The van der Waals surface area contributed by atoms with Crippen LogP contribution in [0.1, 0.15) is 24.5 Å². The Kier molecular flexibility index (Phi) is 5.75. The molecule has 0 amide bonds. The van der Waals surface area contributed by atoms with Crippen LogP contribution in [-0.2, 0) is 14.8 Å². The van der Waals surface area contributed by atoms with Gasteiger partial charge in [0.1, 0.15) is 4.90 Å². The summed E-state index contributed by atoms with van der Waals surface area (Å²) in [6.45, 7) is 5.33. The van der Waals surface area contributed by atoms with E-state index in [0.717, 1.165) is 5.56 Å². The van der Waals surface area contributed by atoms with Gasteiger partial charge >= 0.3 is 0 Å². The molecule has 0 bridgehead atoms. The molecule has 1 rings (SSSR count). The average Bonchev–Trinajstić information content (AvgIpc) is 2.39. The molecule has 0 saturated carbocycles. The van der Waals surface area contributed by atoms with Crippen LogP contribution in [0.25, 0.3) is 0 Å². The molecule has 0 aliphatic carbocycles. The number of nitrogens with one attached hydrogen (secondary N) is 1. The fourth-order valence-electron chi connectivity index (χ4n) is 1.90. The highest BCUT2D eigenvalue weighted by atomic mass is 32.2. The Balaban J connectivity index is 2.96. The van der Waals surface area contributed by atoms with E-state index in [0.29, 0.717) is 18.6 Å². The SMILES string of the molecule is COCCC(C)(O)CNS(=O)(=O)c1c(N)ccc(C)c1C. The Labute approximate surface area is 126 Å². The Morgan fingerprint density at radius 3 is 2.57 bits per heavy atom. The molecule has 0 aliphatic heterocycles. The number of methoxy groups -OCH3 is 1. The smallest absolute Gasteiger partial charge is 0.242 e. The molecule has 21 heavy (non-hydrogen) atoms. The summed E-state index contributed by atoms with van der Waals surface area (Å²) in [7, 11) is -2.25. The Morgan fingerprint density at radius 2 is 2.00 bits per heavy atom. The van der Waals surface area contributed by atoms with Crippen molar-refractivity contribution in [3.8, 4) is 0 Å². The molecule has 4 N–H and O–H groups in total. The van der Waals surface area contributed by atoms with Crippen LogP contribution in [0.2, 0.25) is 0 Å². The quantitative estimate of drug-likeness (QED) is 0.650. The number of benzene rings is 1. The number of anilines is 1. The maximum absolute atomic E-state index is 12.4. The van der Waals surface area contributed by atoms with E-state index in [4.69, 9.17) is 10.5 Å². The molecule has 0 aliphatic rings. The first-order chi connectivity index (χ1) is 9.60. The van der Waals surface area contributed by atoms with E-state index >= 15 is 0 Å². The minimum atomic E-state index is -3.78. The number of nitrogen functional groups attached to an aromatic ring is 1. The number of ether oxygens (including phenoxy) is 1. The van der Waals surface area contributed by atoms with E-state index in [2.05, 4.69) is 4.72 Å². The molecule has 1 aromatic rings. The summed E-state index contributed by atoms with van der Waals surface area (Å²) in [6, 6.07) is 3.35. The third-order valence-electron chi connectivity index (χ3n) is 3.46. The second-order valence-electron chi connectivity index (χ2n) is 5.49. The first-order valence-electron chi connectivity index (χ1n) is 6.67. The molecular formula is C14H24N2O4S. The van der Waals surface area contributed by atoms with E-state index in [-0.39, 0.29) is 17.1 Å². The van der Waals surface area contributed by atoms with E-state index < -0.39 is 15.6 Å². The molecular weight excluding hydrogens is 292 g/mol. The fourth-order valence-corrected chi connectivity index (χ4v) is 3.49.